The number of aryl methyl sites for hydroxylation is 2. The highest BCUT2D eigenvalue weighted by Gasteiger charge is 2.21. The monoisotopic (exact) mass is 525 g/mol. The Bertz CT molecular complexity index is 915. The molecule has 0 unspecified atom stereocenters. The van der Waals surface area contributed by atoms with Crippen molar-refractivity contribution in [3.05, 3.63) is 42.2 Å². The van der Waals surface area contributed by atoms with Crippen molar-refractivity contribution in [2.24, 2.45) is 0 Å². The smallest absolute Gasteiger partial charge is 0.202 e. The SMILES string of the molecule is CCCC[n+]1ccc2c3ccccc3n(CC[N+](C)(C)CCCC)c2c1C.[Br-].[Br-]. The number of unbranched alkanes of at least 4 members (excludes halogenated alkanes) is 2. The molecule has 2 heterocycles. The van der Waals surface area contributed by atoms with Gasteiger partial charge in [-0.25, -0.2) is 4.57 Å². The van der Waals surface area contributed by atoms with Gasteiger partial charge in [0.05, 0.1) is 33.7 Å². The number of hydrogen-bond acceptors (Lipinski definition) is 0. The summed E-state index contributed by atoms with van der Waals surface area (Å²) in [6.45, 7) is 11.4. The molecule has 0 saturated carbocycles. The lowest BCUT2D eigenvalue weighted by atomic mass is 10.1. The molecule has 0 aliphatic heterocycles. The molecule has 0 spiro atoms. The Kier molecular flexibility index (Phi) is 10.3. The van der Waals surface area contributed by atoms with E-state index in [0.29, 0.717) is 0 Å². The number of quaternary nitrogens is 1. The third kappa shape index (κ3) is 5.83. The number of rotatable bonds is 9. The Balaban J connectivity index is 0.00000210. The van der Waals surface area contributed by atoms with Crippen molar-refractivity contribution in [1.82, 2.24) is 4.57 Å². The van der Waals surface area contributed by atoms with Crippen LogP contribution in [0.25, 0.3) is 21.8 Å². The molecule has 0 fully saturated rings. The fraction of sp³-hybridized carbons (Fsp3) is 0.542. The molecule has 0 radical (unpaired) electrons. The van der Waals surface area contributed by atoms with Gasteiger partial charge in [-0.1, -0.05) is 44.9 Å². The fourth-order valence-corrected chi connectivity index (χ4v) is 4.17. The highest BCUT2D eigenvalue weighted by Crippen LogP contribution is 2.29. The molecule has 162 valence electrons. The lowest BCUT2D eigenvalue weighted by molar-refractivity contribution is -0.891. The normalized spacial score (nSPS) is 11.5. The topological polar surface area (TPSA) is 8.81 Å². The first-order valence-electron chi connectivity index (χ1n) is 10.7. The molecule has 29 heavy (non-hydrogen) atoms. The molecular formula is C24H37Br2N3. The third-order valence-electron chi connectivity index (χ3n) is 6.00. The zero-order chi connectivity index (χ0) is 19.4. The van der Waals surface area contributed by atoms with Gasteiger partial charge in [0.15, 0.2) is 6.20 Å². The molecule has 0 N–H and O–H groups in total. The molecule has 1 aromatic carbocycles. The standard InChI is InChI=1S/C24H37N3.2BrH/c1-6-8-15-25-16-14-22-21-12-10-11-13-23(21)26(24(22)20(25)3)17-19-27(4,5)18-9-7-2;;/h10-14,16H,6-9,15,17-19H2,1-5H3;2*1H/q+2;;/p-2. The van der Waals surface area contributed by atoms with Gasteiger partial charge in [0.1, 0.15) is 12.1 Å². The van der Waals surface area contributed by atoms with Gasteiger partial charge in [0.2, 0.25) is 5.69 Å². The number of para-hydroxylation sites is 1. The van der Waals surface area contributed by atoms with Crippen molar-refractivity contribution in [1.29, 1.82) is 0 Å². The largest absolute Gasteiger partial charge is 1.00 e. The summed E-state index contributed by atoms with van der Waals surface area (Å²) in [4.78, 5) is 0. The Labute approximate surface area is 197 Å². The van der Waals surface area contributed by atoms with Crippen molar-refractivity contribution < 1.29 is 43.0 Å². The highest BCUT2D eigenvalue weighted by atomic mass is 79.9. The van der Waals surface area contributed by atoms with E-state index in [0.717, 1.165) is 24.1 Å². The second-order valence-electron chi connectivity index (χ2n) is 8.62. The number of halogens is 2. The Morgan fingerprint density at radius 2 is 1.59 bits per heavy atom. The minimum Gasteiger partial charge on any atom is -1.00 e. The zero-order valence-electron chi connectivity index (χ0n) is 18.7. The lowest BCUT2D eigenvalue weighted by Gasteiger charge is -2.30. The van der Waals surface area contributed by atoms with Crippen molar-refractivity contribution in [3.8, 4) is 0 Å². The molecule has 0 atom stereocenters. The van der Waals surface area contributed by atoms with Gasteiger partial charge < -0.3 is 43.0 Å². The molecule has 0 aliphatic rings. The van der Waals surface area contributed by atoms with Gasteiger partial charge in [-0.3, -0.25) is 0 Å². The zero-order valence-corrected chi connectivity index (χ0v) is 21.9. The van der Waals surface area contributed by atoms with E-state index >= 15 is 0 Å². The number of hydrogen-bond donors (Lipinski definition) is 0. The van der Waals surface area contributed by atoms with E-state index in [1.54, 1.807) is 0 Å². The minimum absolute atomic E-state index is 0. The summed E-state index contributed by atoms with van der Waals surface area (Å²) in [5.74, 6) is 0. The fourth-order valence-electron chi connectivity index (χ4n) is 4.17. The van der Waals surface area contributed by atoms with E-state index in [4.69, 9.17) is 0 Å². The van der Waals surface area contributed by atoms with E-state index in [2.05, 4.69) is 80.5 Å². The highest BCUT2D eigenvalue weighted by molar-refractivity contribution is 6.08. The summed E-state index contributed by atoms with van der Waals surface area (Å²) >= 11 is 0. The third-order valence-corrected chi connectivity index (χ3v) is 6.00. The molecular weight excluding hydrogens is 490 g/mol. The van der Waals surface area contributed by atoms with Gasteiger partial charge in [0.25, 0.3) is 0 Å². The number of aromatic nitrogens is 2. The molecule has 2 aromatic heterocycles. The van der Waals surface area contributed by atoms with Gasteiger partial charge in [-0.2, -0.15) is 0 Å². The average molecular weight is 527 g/mol. The molecule has 3 nitrogen and oxygen atoms in total. The van der Waals surface area contributed by atoms with Crippen LogP contribution in [0.5, 0.6) is 0 Å². The Hall–Kier alpha value is -0.910. The van der Waals surface area contributed by atoms with Gasteiger partial charge >= 0.3 is 0 Å². The first kappa shape index (κ1) is 26.1. The van der Waals surface area contributed by atoms with Crippen LogP contribution in [-0.2, 0) is 13.1 Å². The van der Waals surface area contributed by atoms with E-state index in [9.17, 15) is 0 Å². The number of benzene rings is 1. The van der Waals surface area contributed by atoms with E-state index < -0.39 is 0 Å². The van der Waals surface area contributed by atoms with E-state index in [-0.39, 0.29) is 34.0 Å². The van der Waals surface area contributed by atoms with Crippen LogP contribution in [-0.4, -0.2) is 36.2 Å². The van der Waals surface area contributed by atoms with Crippen LogP contribution in [0.4, 0.5) is 0 Å². The summed E-state index contributed by atoms with van der Waals surface area (Å²) in [7, 11) is 4.75. The Morgan fingerprint density at radius 1 is 0.897 bits per heavy atom. The number of fused-ring (bicyclic) bond motifs is 3. The second-order valence-corrected chi connectivity index (χ2v) is 8.62. The maximum absolute atomic E-state index is 2.58. The van der Waals surface area contributed by atoms with Crippen LogP contribution in [0.15, 0.2) is 36.5 Å². The van der Waals surface area contributed by atoms with Crippen LogP contribution in [0, 0.1) is 6.92 Å². The summed E-state index contributed by atoms with van der Waals surface area (Å²) in [6, 6.07) is 11.2. The molecule has 0 aliphatic carbocycles. The van der Waals surface area contributed by atoms with Gasteiger partial charge in [-0.05, 0) is 12.5 Å². The van der Waals surface area contributed by atoms with Crippen LogP contribution >= 0.6 is 0 Å². The predicted molar refractivity (Wildman–Crippen MR) is 116 cm³/mol. The van der Waals surface area contributed by atoms with Crippen molar-refractivity contribution >= 4 is 21.8 Å². The Morgan fingerprint density at radius 3 is 2.28 bits per heavy atom. The summed E-state index contributed by atoms with van der Waals surface area (Å²) in [6.07, 6.45) is 7.32. The van der Waals surface area contributed by atoms with E-state index in [1.807, 2.05) is 0 Å². The van der Waals surface area contributed by atoms with E-state index in [1.165, 1.54) is 59.7 Å². The maximum atomic E-state index is 2.58. The van der Waals surface area contributed by atoms with Gasteiger partial charge in [-0.15, -0.1) is 0 Å². The second kappa shape index (κ2) is 11.5. The number of likely N-dealkylation sites (N-methyl/N-ethyl adjacent to an activating group) is 1. The van der Waals surface area contributed by atoms with Gasteiger partial charge in [0, 0.05) is 35.7 Å². The van der Waals surface area contributed by atoms with Crippen molar-refractivity contribution in [3.63, 3.8) is 0 Å². The summed E-state index contributed by atoms with van der Waals surface area (Å²) in [5.41, 5.74) is 4.20. The average Bonchev–Trinajstić information content (AvgIpc) is 2.99. The first-order valence-corrected chi connectivity index (χ1v) is 10.7. The van der Waals surface area contributed by atoms with Crippen LogP contribution in [0.3, 0.4) is 0 Å². The lowest BCUT2D eigenvalue weighted by Crippen LogP contribution is -3.00. The van der Waals surface area contributed by atoms with Crippen LogP contribution in [0.1, 0.15) is 45.2 Å². The van der Waals surface area contributed by atoms with Crippen LogP contribution in [0.2, 0.25) is 0 Å². The van der Waals surface area contributed by atoms with Crippen LogP contribution < -0.4 is 38.5 Å². The van der Waals surface area contributed by atoms with Crippen molar-refractivity contribution in [2.45, 2.75) is 59.5 Å². The van der Waals surface area contributed by atoms with Crippen molar-refractivity contribution in [2.75, 3.05) is 27.2 Å². The maximum Gasteiger partial charge on any atom is 0.202 e. The predicted octanol–water partition coefficient (Wildman–Crippen LogP) is -0.925. The molecule has 3 aromatic rings. The molecule has 3 rings (SSSR count). The number of nitrogens with zero attached hydrogens (tertiary/aromatic N) is 3. The molecule has 5 heteroatoms. The summed E-state index contributed by atoms with van der Waals surface area (Å²) < 4.78 is 6.11. The first-order chi connectivity index (χ1) is 13.0. The summed E-state index contributed by atoms with van der Waals surface area (Å²) in [5, 5.41) is 2.78. The quantitative estimate of drug-likeness (QED) is 0.252. The molecule has 0 saturated heterocycles. The molecule has 0 amide bonds. The molecule has 0 bridgehead atoms. The number of pyridine rings is 1. The minimum atomic E-state index is 0.